The maximum Gasteiger partial charge on any atom is 0.284 e. The number of amides is 1. The highest BCUT2D eigenvalue weighted by Gasteiger charge is 2.33. The zero-order valence-electron chi connectivity index (χ0n) is 21.0. The molecule has 0 fully saturated rings. The van der Waals surface area contributed by atoms with Crippen molar-refractivity contribution < 1.29 is 4.79 Å². The molecule has 0 aliphatic rings. The summed E-state index contributed by atoms with van der Waals surface area (Å²) in [5.41, 5.74) is 4.13. The molecule has 0 saturated carbocycles. The summed E-state index contributed by atoms with van der Waals surface area (Å²) < 4.78 is 3.42. The van der Waals surface area contributed by atoms with Crippen molar-refractivity contribution in [3.8, 4) is 5.69 Å². The van der Waals surface area contributed by atoms with Crippen LogP contribution in [0.3, 0.4) is 0 Å². The van der Waals surface area contributed by atoms with Crippen LogP contribution in [0.4, 0.5) is 5.69 Å². The van der Waals surface area contributed by atoms with Crippen LogP contribution in [-0.2, 0) is 5.41 Å². The van der Waals surface area contributed by atoms with Gasteiger partial charge in [-0.15, -0.1) is 0 Å². The number of hydrazone groups is 1. The first-order valence-electron chi connectivity index (χ1n) is 11.2. The van der Waals surface area contributed by atoms with Crippen LogP contribution in [0, 0.1) is 0 Å². The second kappa shape index (κ2) is 9.35. The summed E-state index contributed by atoms with van der Waals surface area (Å²) in [6.07, 6.45) is 1.77. The van der Waals surface area contributed by atoms with E-state index in [-0.39, 0.29) is 11.3 Å². The molecule has 6 nitrogen and oxygen atoms in total. The molecule has 1 amide bonds. The molecule has 0 atom stereocenters. The summed E-state index contributed by atoms with van der Waals surface area (Å²) in [6, 6.07) is 19.8. The molecule has 3 rings (SSSR count). The Morgan fingerprint density at radius 1 is 1.00 bits per heavy atom. The van der Waals surface area contributed by atoms with E-state index < -0.39 is 8.24 Å². The predicted molar refractivity (Wildman–Crippen MR) is 140 cm³/mol. The summed E-state index contributed by atoms with van der Waals surface area (Å²) in [5.74, 6) is -0.137. The fourth-order valence-corrected chi connectivity index (χ4v) is 4.42. The smallest absolute Gasteiger partial charge is 0.284 e. The van der Waals surface area contributed by atoms with E-state index in [4.69, 9.17) is 5.10 Å². The normalized spacial score (nSPS) is 12.2. The second-order valence-corrected chi connectivity index (χ2v) is 15.2. The maximum absolute atomic E-state index is 13.9. The van der Waals surface area contributed by atoms with E-state index in [0.717, 1.165) is 22.6 Å². The van der Waals surface area contributed by atoms with Gasteiger partial charge in [-0.2, -0.15) is 10.2 Å². The van der Waals surface area contributed by atoms with Crippen LogP contribution < -0.4 is 4.90 Å². The fraction of sp³-hybridized carbons (Fsp3) is 0.346. The molecular weight excluding hydrogens is 426 g/mol. The third-order valence-corrected chi connectivity index (χ3v) is 6.85. The second-order valence-electron chi connectivity index (χ2n) is 10.4. The standard InChI is InChI=1S/C26H35N5OSi/c1-26(2,3)24-18-23(30(28-24)22-12-10-9-11-13-22)25(32)31(33(6,7)8)27-19-20-14-16-21(17-15-20)29(4)5/h9-19H,1-8H3/b27-19+. The van der Waals surface area contributed by atoms with Gasteiger partial charge < -0.3 is 4.90 Å². The maximum atomic E-state index is 13.9. The van der Waals surface area contributed by atoms with Crippen LogP contribution in [0.25, 0.3) is 5.69 Å². The third-order valence-electron chi connectivity index (χ3n) is 5.26. The lowest BCUT2D eigenvalue weighted by molar-refractivity contribution is 0.0846. The monoisotopic (exact) mass is 461 g/mol. The number of rotatable bonds is 6. The molecule has 0 aliphatic heterocycles. The van der Waals surface area contributed by atoms with Crippen molar-refractivity contribution in [1.82, 2.24) is 14.5 Å². The Morgan fingerprint density at radius 3 is 2.12 bits per heavy atom. The average Bonchev–Trinajstić information content (AvgIpc) is 3.20. The van der Waals surface area contributed by atoms with Crippen LogP contribution in [0.2, 0.25) is 19.6 Å². The zero-order valence-corrected chi connectivity index (χ0v) is 22.0. The van der Waals surface area contributed by atoms with Crippen LogP contribution >= 0.6 is 0 Å². The number of hydrogen-bond acceptors (Lipinski definition) is 4. The van der Waals surface area contributed by atoms with Crippen molar-refractivity contribution in [1.29, 1.82) is 0 Å². The molecule has 1 heterocycles. The first-order valence-corrected chi connectivity index (χ1v) is 14.6. The lowest BCUT2D eigenvalue weighted by Crippen LogP contribution is -2.46. The van der Waals surface area contributed by atoms with Gasteiger partial charge in [0.2, 0.25) is 0 Å². The van der Waals surface area contributed by atoms with Gasteiger partial charge in [-0.3, -0.25) is 9.47 Å². The topological polar surface area (TPSA) is 53.7 Å². The zero-order chi connectivity index (χ0) is 24.4. The molecule has 174 valence electrons. The highest BCUT2D eigenvalue weighted by molar-refractivity contribution is 6.75. The van der Waals surface area contributed by atoms with Crippen molar-refractivity contribution in [3.63, 3.8) is 0 Å². The molecule has 2 aromatic carbocycles. The largest absolute Gasteiger partial charge is 0.378 e. The SMILES string of the molecule is CN(C)c1ccc(/C=N/N(C(=O)c2cc(C(C)(C)C)nn2-c2ccccc2)[Si](C)(C)C)cc1. The Bertz CT molecular complexity index is 1120. The number of anilines is 1. The Morgan fingerprint density at radius 2 is 1.61 bits per heavy atom. The Kier molecular flexibility index (Phi) is 6.93. The molecule has 0 unspecified atom stereocenters. The number of carbonyl (C=O) groups is 1. The summed E-state index contributed by atoms with van der Waals surface area (Å²) in [4.78, 5) is 15.9. The fourth-order valence-electron chi connectivity index (χ4n) is 3.29. The summed E-state index contributed by atoms with van der Waals surface area (Å²) in [5, 5.41) is 9.50. The van der Waals surface area contributed by atoms with Crippen LogP contribution in [0.15, 0.2) is 65.8 Å². The lowest BCUT2D eigenvalue weighted by Gasteiger charge is -2.29. The van der Waals surface area contributed by atoms with Crippen molar-refractivity contribution in [2.45, 2.75) is 45.8 Å². The van der Waals surface area contributed by atoms with E-state index >= 15 is 0 Å². The minimum absolute atomic E-state index is 0.137. The highest BCUT2D eigenvalue weighted by atomic mass is 28.3. The predicted octanol–water partition coefficient (Wildman–Crippen LogP) is 5.55. The number of para-hydroxylation sites is 1. The third kappa shape index (κ3) is 5.79. The summed E-state index contributed by atoms with van der Waals surface area (Å²) in [6.45, 7) is 12.7. The van der Waals surface area contributed by atoms with Crippen molar-refractivity contribution >= 4 is 26.0 Å². The van der Waals surface area contributed by atoms with Crippen molar-refractivity contribution in [2.75, 3.05) is 19.0 Å². The van der Waals surface area contributed by atoms with Crippen LogP contribution in [-0.4, -0.2) is 48.9 Å². The van der Waals surface area contributed by atoms with Gasteiger partial charge in [-0.05, 0) is 55.5 Å². The Hall–Kier alpha value is -3.19. The van der Waals surface area contributed by atoms with Crippen LogP contribution in [0.5, 0.6) is 0 Å². The average molecular weight is 462 g/mol. The Balaban J connectivity index is 2.03. The molecule has 0 saturated heterocycles. The van der Waals surface area contributed by atoms with E-state index in [0.29, 0.717) is 5.69 Å². The van der Waals surface area contributed by atoms with E-state index in [1.807, 2.05) is 74.8 Å². The first-order chi connectivity index (χ1) is 15.4. The van der Waals surface area contributed by atoms with E-state index in [2.05, 4.69) is 50.4 Å². The summed E-state index contributed by atoms with van der Waals surface area (Å²) >= 11 is 0. The minimum Gasteiger partial charge on any atom is -0.378 e. The highest BCUT2D eigenvalue weighted by Crippen LogP contribution is 2.26. The first kappa shape index (κ1) is 24.4. The van der Waals surface area contributed by atoms with E-state index in [1.54, 1.807) is 15.6 Å². The number of hydrogen-bond donors (Lipinski definition) is 0. The quantitative estimate of drug-likeness (QED) is 0.275. The molecule has 0 bridgehead atoms. The van der Waals surface area contributed by atoms with Gasteiger partial charge in [0.1, 0.15) is 5.69 Å². The molecule has 33 heavy (non-hydrogen) atoms. The van der Waals surface area contributed by atoms with Gasteiger partial charge in [-0.25, -0.2) is 4.68 Å². The number of aromatic nitrogens is 2. The van der Waals surface area contributed by atoms with Gasteiger partial charge >= 0.3 is 0 Å². The molecule has 0 aliphatic carbocycles. The van der Waals surface area contributed by atoms with E-state index in [9.17, 15) is 4.79 Å². The molecule has 3 aromatic rings. The van der Waals surface area contributed by atoms with Crippen LogP contribution in [0.1, 0.15) is 42.5 Å². The summed E-state index contributed by atoms with van der Waals surface area (Å²) in [7, 11) is 1.88. The van der Waals surface area contributed by atoms with E-state index in [1.165, 1.54) is 0 Å². The molecule has 0 N–H and O–H groups in total. The van der Waals surface area contributed by atoms with Gasteiger partial charge in [0.15, 0.2) is 8.24 Å². The lowest BCUT2D eigenvalue weighted by atomic mass is 9.92. The Labute approximate surface area is 198 Å². The van der Waals surface area contributed by atoms with Gasteiger partial charge in [0, 0.05) is 25.2 Å². The van der Waals surface area contributed by atoms with Gasteiger partial charge in [-0.1, -0.05) is 51.1 Å². The van der Waals surface area contributed by atoms with Crippen molar-refractivity contribution in [3.05, 3.63) is 77.6 Å². The number of carbonyl (C=O) groups excluding carboxylic acids is 1. The molecule has 0 radical (unpaired) electrons. The number of benzene rings is 2. The number of nitrogens with zero attached hydrogens (tertiary/aromatic N) is 5. The minimum atomic E-state index is -2.14. The molecule has 7 heteroatoms. The van der Waals surface area contributed by atoms with Crippen molar-refractivity contribution in [2.24, 2.45) is 5.10 Å². The molecule has 0 spiro atoms. The molecule has 1 aromatic heterocycles. The molecular formula is C26H35N5OSi. The van der Waals surface area contributed by atoms with Gasteiger partial charge in [0.05, 0.1) is 17.6 Å². The van der Waals surface area contributed by atoms with Gasteiger partial charge in [0.25, 0.3) is 5.91 Å².